The molecule has 0 aliphatic carbocycles. The minimum Gasteiger partial charge on any atom is -0.506 e. The molecule has 0 unspecified atom stereocenters. The highest BCUT2D eigenvalue weighted by atomic mass is 32.2. The molecule has 0 radical (unpaired) electrons. The molecular formula is C30H37F2N5O7S2. The van der Waals surface area contributed by atoms with E-state index in [1.54, 1.807) is 0 Å². The number of piperidine rings is 1. The standard InChI is InChI=1S/C30H37F2N5O7S2/c1-45(41,42)36-27-17-22(2-9-28(27)38)29(39)19-33-18-20-11-14-37(15-12-20)46(43,44)25-6-4-24(5-7-25)35-30(40)34-13-10-21-16-23(31)3-8-26(21)32/h2-9,16-17,20,29,33,36,38-39H,10-15,18-19H2,1H3,(H2,34,35,40)/t29-/m0/s1. The van der Waals surface area contributed by atoms with Gasteiger partial charge in [-0.05, 0) is 97.4 Å². The zero-order valence-corrected chi connectivity index (χ0v) is 26.7. The highest BCUT2D eigenvalue weighted by Crippen LogP contribution is 2.28. The number of rotatable bonds is 13. The lowest BCUT2D eigenvalue weighted by atomic mass is 9.98. The Kier molecular flexibility index (Phi) is 11.6. The van der Waals surface area contributed by atoms with Gasteiger partial charge >= 0.3 is 6.03 Å². The molecular weight excluding hydrogens is 644 g/mol. The van der Waals surface area contributed by atoms with E-state index in [4.69, 9.17) is 0 Å². The Bertz CT molecular complexity index is 1730. The first kappa shape index (κ1) is 35.0. The number of nitrogens with zero attached hydrogens (tertiary/aromatic N) is 1. The van der Waals surface area contributed by atoms with Crippen LogP contribution >= 0.6 is 0 Å². The monoisotopic (exact) mass is 681 g/mol. The molecule has 2 amide bonds. The van der Waals surface area contributed by atoms with Gasteiger partial charge < -0.3 is 26.2 Å². The van der Waals surface area contributed by atoms with Crippen molar-refractivity contribution in [2.24, 2.45) is 5.92 Å². The molecule has 1 heterocycles. The van der Waals surface area contributed by atoms with Crippen molar-refractivity contribution in [3.63, 3.8) is 0 Å². The lowest BCUT2D eigenvalue weighted by molar-refractivity contribution is 0.169. The Morgan fingerprint density at radius 2 is 1.70 bits per heavy atom. The number of phenolic OH excluding ortho intramolecular Hbond substituents is 1. The first-order valence-electron chi connectivity index (χ1n) is 14.5. The van der Waals surface area contributed by atoms with Crippen LogP contribution in [0.3, 0.4) is 0 Å². The van der Waals surface area contributed by atoms with Crippen LogP contribution in [0.15, 0.2) is 65.6 Å². The van der Waals surface area contributed by atoms with Gasteiger partial charge in [0.15, 0.2) is 0 Å². The third-order valence-electron chi connectivity index (χ3n) is 7.48. The predicted octanol–water partition coefficient (Wildman–Crippen LogP) is 3.13. The fourth-order valence-electron chi connectivity index (χ4n) is 5.02. The first-order valence-corrected chi connectivity index (χ1v) is 17.8. The molecule has 0 spiro atoms. The molecule has 0 saturated carbocycles. The van der Waals surface area contributed by atoms with E-state index >= 15 is 0 Å². The summed E-state index contributed by atoms with van der Waals surface area (Å²) in [6.07, 6.45) is 1.29. The second kappa shape index (κ2) is 15.2. The summed E-state index contributed by atoms with van der Waals surface area (Å²) in [5.74, 6) is -1.23. The number of hydrogen-bond acceptors (Lipinski definition) is 8. The fourth-order valence-corrected chi connectivity index (χ4v) is 7.05. The number of aliphatic hydroxyl groups is 1. The number of urea groups is 1. The van der Waals surface area contributed by atoms with Crippen molar-refractivity contribution in [1.82, 2.24) is 14.9 Å². The zero-order valence-electron chi connectivity index (χ0n) is 25.0. The average Bonchev–Trinajstić information content (AvgIpc) is 3.00. The van der Waals surface area contributed by atoms with Crippen LogP contribution in [0, 0.1) is 17.6 Å². The number of benzene rings is 3. The van der Waals surface area contributed by atoms with E-state index in [0.29, 0.717) is 43.7 Å². The van der Waals surface area contributed by atoms with Crippen LogP contribution in [0.25, 0.3) is 0 Å². The lowest BCUT2D eigenvalue weighted by Crippen LogP contribution is -2.41. The van der Waals surface area contributed by atoms with E-state index in [2.05, 4.69) is 20.7 Å². The summed E-state index contributed by atoms with van der Waals surface area (Å²) in [7, 11) is -7.38. The zero-order chi connectivity index (χ0) is 33.5. The van der Waals surface area contributed by atoms with Crippen LogP contribution in [-0.4, -0.2) is 76.4 Å². The molecule has 12 nitrogen and oxygen atoms in total. The largest absolute Gasteiger partial charge is 0.506 e. The van der Waals surface area contributed by atoms with Gasteiger partial charge in [-0.1, -0.05) is 6.07 Å². The van der Waals surface area contributed by atoms with Crippen molar-refractivity contribution >= 4 is 37.5 Å². The molecule has 1 atom stereocenters. The number of amides is 2. The number of phenols is 1. The molecule has 16 heteroatoms. The minimum atomic E-state index is -3.76. The van der Waals surface area contributed by atoms with Crippen molar-refractivity contribution < 1.29 is 40.6 Å². The quantitative estimate of drug-likeness (QED) is 0.149. The van der Waals surface area contributed by atoms with E-state index < -0.39 is 43.8 Å². The maximum absolute atomic E-state index is 13.7. The van der Waals surface area contributed by atoms with E-state index in [1.807, 2.05) is 0 Å². The van der Waals surface area contributed by atoms with Gasteiger partial charge in [0.2, 0.25) is 20.0 Å². The number of nitrogens with one attached hydrogen (secondary N) is 4. The molecule has 6 N–H and O–H groups in total. The van der Waals surface area contributed by atoms with Gasteiger partial charge in [-0.3, -0.25) is 4.72 Å². The Balaban J connectivity index is 1.20. The van der Waals surface area contributed by atoms with E-state index in [0.717, 1.165) is 24.5 Å². The van der Waals surface area contributed by atoms with E-state index in [1.165, 1.54) is 46.8 Å². The SMILES string of the molecule is CS(=O)(=O)Nc1cc([C@@H](O)CNCC2CCN(S(=O)(=O)c3ccc(NC(=O)NCCc4cc(F)ccc4F)cc3)CC2)ccc1O. The molecule has 1 fully saturated rings. The number of carbonyl (C=O) groups excluding carboxylic acids is 1. The van der Waals surface area contributed by atoms with Crippen molar-refractivity contribution in [3.05, 3.63) is 83.4 Å². The summed E-state index contributed by atoms with van der Waals surface area (Å²) in [4.78, 5) is 12.3. The molecule has 250 valence electrons. The average molecular weight is 682 g/mol. The third-order valence-corrected chi connectivity index (χ3v) is 9.99. The maximum atomic E-state index is 13.7. The highest BCUT2D eigenvalue weighted by molar-refractivity contribution is 7.92. The molecule has 46 heavy (non-hydrogen) atoms. The molecule has 0 bridgehead atoms. The normalized spacial score (nSPS) is 15.3. The molecule has 1 aliphatic heterocycles. The van der Waals surface area contributed by atoms with Gasteiger partial charge in [0.1, 0.15) is 17.4 Å². The predicted molar refractivity (Wildman–Crippen MR) is 169 cm³/mol. The van der Waals surface area contributed by atoms with Crippen LogP contribution in [0.5, 0.6) is 5.75 Å². The van der Waals surface area contributed by atoms with Crippen LogP contribution in [0.4, 0.5) is 25.0 Å². The number of aromatic hydroxyl groups is 1. The molecule has 1 saturated heterocycles. The van der Waals surface area contributed by atoms with Crippen molar-refractivity contribution in [3.8, 4) is 5.75 Å². The van der Waals surface area contributed by atoms with E-state index in [-0.39, 0.29) is 47.3 Å². The van der Waals surface area contributed by atoms with Gasteiger partial charge in [0.25, 0.3) is 0 Å². The summed E-state index contributed by atoms with van der Waals surface area (Å²) in [6.45, 7) is 1.39. The number of halogens is 2. The minimum absolute atomic E-state index is 0.0305. The van der Waals surface area contributed by atoms with Gasteiger partial charge in [-0.25, -0.2) is 30.4 Å². The molecule has 0 aromatic heterocycles. The van der Waals surface area contributed by atoms with Gasteiger partial charge in [-0.2, -0.15) is 4.31 Å². The van der Waals surface area contributed by atoms with Crippen LogP contribution in [0.1, 0.15) is 30.1 Å². The molecule has 4 rings (SSSR count). The summed E-state index contributed by atoms with van der Waals surface area (Å²) in [5.41, 5.74) is 0.880. The van der Waals surface area contributed by atoms with E-state index in [9.17, 15) is 40.6 Å². The first-order chi connectivity index (χ1) is 21.7. The lowest BCUT2D eigenvalue weighted by Gasteiger charge is -2.31. The summed E-state index contributed by atoms with van der Waals surface area (Å²) in [6, 6.07) is 12.4. The summed E-state index contributed by atoms with van der Waals surface area (Å²) >= 11 is 0. The second-order valence-electron chi connectivity index (χ2n) is 11.1. The summed E-state index contributed by atoms with van der Waals surface area (Å²) in [5, 5.41) is 28.7. The Hall–Kier alpha value is -3.83. The smallest absolute Gasteiger partial charge is 0.319 e. The Morgan fingerprint density at radius 3 is 2.37 bits per heavy atom. The number of carbonyl (C=O) groups is 1. The van der Waals surface area contributed by atoms with Gasteiger partial charge in [0.05, 0.1) is 22.9 Å². The fraction of sp³-hybridized carbons (Fsp3) is 0.367. The molecule has 3 aromatic carbocycles. The molecule has 1 aliphatic rings. The van der Waals surface area contributed by atoms with Crippen molar-refractivity contribution in [2.45, 2.75) is 30.3 Å². The van der Waals surface area contributed by atoms with Gasteiger partial charge in [-0.15, -0.1) is 0 Å². The Morgan fingerprint density at radius 1 is 1.00 bits per heavy atom. The third kappa shape index (κ3) is 9.83. The van der Waals surface area contributed by atoms with Crippen molar-refractivity contribution in [1.29, 1.82) is 0 Å². The Labute approximate surface area is 266 Å². The van der Waals surface area contributed by atoms with Crippen molar-refractivity contribution in [2.75, 3.05) is 49.0 Å². The maximum Gasteiger partial charge on any atom is 0.319 e. The summed E-state index contributed by atoms with van der Waals surface area (Å²) < 4.78 is 80.1. The van der Waals surface area contributed by atoms with Crippen LogP contribution in [-0.2, 0) is 26.5 Å². The highest BCUT2D eigenvalue weighted by Gasteiger charge is 2.29. The number of aliphatic hydroxyl groups excluding tert-OH is 1. The number of sulfonamides is 2. The number of anilines is 2. The van der Waals surface area contributed by atoms with Crippen LogP contribution < -0.4 is 20.7 Å². The topological polar surface area (TPSA) is 177 Å². The van der Waals surface area contributed by atoms with Gasteiger partial charge in [0, 0.05) is 31.9 Å². The number of hydrogen-bond donors (Lipinski definition) is 6. The van der Waals surface area contributed by atoms with Crippen LogP contribution in [0.2, 0.25) is 0 Å². The second-order valence-corrected chi connectivity index (χ2v) is 14.7. The molecule has 3 aromatic rings.